The maximum atomic E-state index is 11.8. The van der Waals surface area contributed by atoms with E-state index >= 15 is 0 Å². The van der Waals surface area contributed by atoms with E-state index in [2.05, 4.69) is 22.4 Å². The molecule has 0 unspecified atom stereocenters. The number of amides is 1. The van der Waals surface area contributed by atoms with Gasteiger partial charge in [0.25, 0.3) is 5.91 Å². The molecule has 1 aromatic rings. The molecular weight excluding hydrogens is 206 g/mol. The second-order valence-electron chi connectivity index (χ2n) is 3.94. The van der Waals surface area contributed by atoms with Crippen molar-refractivity contribution in [2.24, 2.45) is 0 Å². The van der Waals surface area contributed by atoms with Crippen molar-refractivity contribution in [1.82, 2.24) is 15.5 Å². The third-order valence-electron chi connectivity index (χ3n) is 2.73. The molecule has 0 saturated carbocycles. The molecule has 0 radical (unpaired) electrons. The van der Waals surface area contributed by atoms with Gasteiger partial charge in [0.05, 0.1) is 13.2 Å². The van der Waals surface area contributed by atoms with Crippen LogP contribution < -0.4 is 5.32 Å². The summed E-state index contributed by atoms with van der Waals surface area (Å²) in [6, 6.07) is 0. The van der Waals surface area contributed by atoms with E-state index in [1.807, 2.05) is 0 Å². The Morgan fingerprint density at radius 3 is 3.31 bits per heavy atom. The fraction of sp³-hybridized carbons (Fsp3) is 0.636. The number of ether oxygens (including phenoxy) is 1. The monoisotopic (exact) mass is 223 g/mol. The lowest BCUT2D eigenvalue weighted by atomic mass is 10.1. The largest absolute Gasteiger partial charge is 0.376 e. The van der Waals surface area contributed by atoms with Crippen LogP contribution in [0.5, 0.6) is 0 Å². The lowest BCUT2D eigenvalue weighted by Crippen LogP contribution is -2.26. The first kappa shape index (κ1) is 11.1. The Morgan fingerprint density at radius 1 is 1.62 bits per heavy atom. The number of carbonyl (C=O) groups is 1. The molecule has 1 aliphatic rings. The van der Waals surface area contributed by atoms with Crippen molar-refractivity contribution < 1.29 is 9.53 Å². The summed E-state index contributed by atoms with van der Waals surface area (Å²) < 4.78 is 5.33. The van der Waals surface area contributed by atoms with E-state index < -0.39 is 0 Å². The van der Waals surface area contributed by atoms with Gasteiger partial charge in [0, 0.05) is 24.2 Å². The van der Waals surface area contributed by atoms with E-state index in [9.17, 15) is 4.79 Å². The predicted molar refractivity (Wildman–Crippen MR) is 59.2 cm³/mol. The molecule has 0 saturated heterocycles. The van der Waals surface area contributed by atoms with E-state index in [1.165, 1.54) is 0 Å². The molecule has 0 atom stereocenters. The smallest absolute Gasteiger partial charge is 0.272 e. The maximum Gasteiger partial charge on any atom is 0.272 e. The number of unbranched alkanes of at least 4 members (excludes halogenated alkanes) is 1. The van der Waals surface area contributed by atoms with Gasteiger partial charge in [-0.3, -0.25) is 9.89 Å². The number of H-pyrrole nitrogens is 1. The van der Waals surface area contributed by atoms with E-state index in [0.717, 1.165) is 30.5 Å². The molecule has 5 heteroatoms. The van der Waals surface area contributed by atoms with E-state index in [0.29, 0.717) is 25.5 Å². The summed E-state index contributed by atoms with van der Waals surface area (Å²) >= 11 is 0. The molecular formula is C11H17N3O2. The van der Waals surface area contributed by atoms with Crippen molar-refractivity contribution in [3.8, 4) is 0 Å². The topological polar surface area (TPSA) is 67.0 Å². The number of aromatic amines is 1. The number of hydrogen-bond donors (Lipinski definition) is 2. The quantitative estimate of drug-likeness (QED) is 0.749. The summed E-state index contributed by atoms with van der Waals surface area (Å²) in [6.45, 7) is 3.99. The molecule has 0 aliphatic carbocycles. The van der Waals surface area contributed by atoms with Gasteiger partial charge < -0.3 is 10.1 Å². The maximum absolute atomic E-state index is 11.8. The Bertz CT molecular complexity index is 373. The molecule has 0 aromatic carbocycles. The second kappa shape index (κ2) is 5.12. The summed E-state index contributed by atoms with van der Waals surface area (Å²) in [5, 5.41) is 9.83. The number of rotatable bonds is 4. The first-order valence-corrected chi connectivity index (χ1v) is 5.75. The molecule has 0 bridgehead atoms. The van der Waals surface area contributed by atoms with Gasteiger partial charge in [0.2, 0.25) is 0 Å². The summed E-state index contributed by atoms with van der Waals surface area (Å²) in [7, 11) is 0. The molecule has 2 N–H and O–H groups in total. The Labute approximate surface area is 94.6 Å². The predicted octanol–water partition coefficient (Wildman–Crippen LogP) is 1.01. The number of aromatic nitrogens is 2. The third kappa shape index (κ3) is 2.24. The van der Waals surface area contributed by atoms with Gasteiger partial charge >= 0.3 is 0 Å². The van der Waals surface area contributed by atoms with Gasteiger partial charge in [-0.05, 0) is 6.42 Å². The van der Waals surface area contributed by atoms with Crippen molar-refractivity contribution in [3.63, 3.8) is 0 Å². The van der Waals surface area contributed by atoms with Crippen molar-refractivity contribution >= 4 is 5.91 Å². The number of hydrogen-bond acceptors (Lipinski definition) is 3. The van der Waals surface area contributed by atoms with Gasteiger partial charge in [-0.15, -0.1) is 0 Å². The van der Waals surface area contributed by atoms with Crippen LogP contribution in [0.25, 0.3) is 0 Å². The van der Waals surface area contributed by atoms with Crippen LogP contribution in [0.4, 0.5) is 0 Å². The zero-order valence-electron chi connectivity index (χ0n) is 9.51. The van der Waals surface area contributed by atoms with Gasteiger partial charge in [0.15, 0.2) is 5.69 Å². The molecule has 1 aromatic heterocycles. The highest BCUT2D eigenvalue weighted by Gasteiger charge is 2.21. The molecule has 2 heterocycles. The number of carbonyl (C=O) groups excluding carboxylic acids is 1. The zero-order valence-corrected chi connectivity index (χ0v) is 9.51. The van der Waals surface area contributed by atoms with Crippen molar-refractivity contribution in [1.29, 1.82) is 0 Å². The minimum atomic E-state index is -0.101. The van der Waals surface area contributed by atoms with Crippen LogP contribution in [0, 0.1) is 0 Å². The fourth-order valence-electron chi connectivity index (χ4n) is 1.76. The summed E-state index contributed by atoms with van der Waals surface area (Å²) in [4.78, 5) is 11.8. The summed E-state index contributed by atoms with van der Waals surface area (Å²) in [6.07, 6.45) is 2.88. The number of nitrogens with one attached hydrogen (secondary N) is 2. The van der Waals surface area contributed by atoms with Crippen LogP contribution >= 0.6 is 0 Å². The fourth-order valence-corrected chi connectivity index (χ4v) is 1.76. The molecule has 88 valence electrons. The minimum Gasteiger partial charge on any atom is -0.376 e. The average molecular weight is 223 g/mol. The zero-order chi connectivity index (χ0) is 11.4. The summed E-state index contributed by atoms with van der Waals surface area (Å²) in [5.41, 5.74) is 2.44. The molecule has 5 nitrogen and oxygen atoms in total. The van der Waals surface area contributed by atoms with Crippen molar-refractivity contribution in [3.05, 3.63) is 17.0 Å². The molecule has 1 amide bonds. The number of nitrogens with zero attached hydrogens (tertiary/aromatic N) is 1. The van der Waals surface area contributed by atoms with Crippen LogP contribution in [0.2, 0.25) is 0 Å². The van der Waals surface area contributed by atoms with Crippen LogP contribution in [-0.2, 0) is 17.8 Å². The lowest BCUT2D eigenvalue weighted by molar-refractivity contribution is 0.0924. The van der Waals surface area contributed by atoms with Crippen LogP contribution in [0.15, 0.2) is 0 Å². The van der Waals surface area contributed by atoms with Crippen LogP contribution in [-0.4, -0.2) is 29.3 Å². The first-order chi connectivity index (χ1) is 7.83. The first-order valence-electron chi connectivity index (χ1n) is 5.75. The molecule has 1 aliphatic heterocycles. The highest BCUT2D eigenvalue weighted by atomic mass is 16.5. The molecule has 0 fully saturated rings. The van der Waals surface area contributed by atoms with Gasteiger partial charge in [-0.25, -0.2) is 0 Å². The van der Waals surface area contributed by atoms with Crippen molar-refractivity contribution in [2.45, 2.75) is 32.8 Å². The van der Waals surface area contributed by atoms with Gasteiger partial charge in [-0.2, -0.15) is 5.10 Å². The molecule has 16 heavy (non-hydrogen) atoms. The number of fused-ring (bicyclic) bond motifs is 1. The normalized spacial score (nSPS) is 14.6. The Morgan fingerprint density at radius 2 is 2.50 bits per heavy atom. The lowest BCUT2D eigenvalue weighted by Gasteiger charge is -2.12. The molecule has 2 rings (SSSR count). The Kier molecular flexibility index (Phi) is 3.56. The van der Waals surface area contributed by atoms with Crippen molar-refractivity contribution in [2.75, 3.05) is 13.2 Å². The highest BCUT2D eigenvalue weighted by molar-refractivity contribution is 5.93. The summed E-state index contributed by atoms with van der Waals surface area (Å²) in [5.74, 6) is -0.101. The van der Waals surface area contributed by atoms with E-state index in [4.69, 9.17) is 4.74 Å². The molecule has 0 spiro atoms. The Hall–Kier alpha value is -1.36. The third-order valence-corrected chi connectivity index (χ3v) is 2.73. The SMILES string of the molecule is CCCCNC(=O)c1n[nH]c2c1COCC2. The van der Waals surface area contributed by atoms with Crippen LogP contribution in [0.3, 0.4) is 0 Å². The van der Waals surface area contributed by atoms with E-state index in [-0.39, 0.29) is 5.91 Å². The van der Waals surface area contributed by atoms with Gasteiger partial charge in [0.1, 0.15) is 0 Å². The highest BCUT2D eigenvalue weighted by Crippen LogP contribution is 2.17. The van der Waals surface area contributed by atoms with E-state index in [1.54, 1.807) is 0 Å². The van der Waals surface area contributed by atoms with Crippen LogP contribution in [0.1, 0.15) is 41.5 Å². The van der Waals surface area contributed by atoms with Gasteiger partial charge in [-0.1, -0.05) is 13.3 Å². The standard InChI is InChI=1S/C11H17N3O2/c1-2-3-5-12-11(15)10-8-7-16-6-4-9(8)13-14-10/h2-7H2,1H3,(H,12,15)(H,13,14). The Balaban J connectivity index is 2.03. The second-order valence-corrected chi connectivity index (χ2v) is 3.94. The minimum absolute atomic E-state index is 0.101. The average Bonchev–Trinajstić information content (AvgIpc) is 2.73.